The Kier molecular flexibility index (Phi) is 20.6. The van der Waals surface area contributed by atoms with E-state index in [1.54, 1.807) is 0 Å². The molecule has 1 unspecified atom stereocenters. The Balaban J connectivity index is 3.27. The largest absolute Gasteiger partial charge is 0.463 e. The van der Waals surface area contributed by atoms with Crippen molar-refractivity contribution in [1.29, 1.82) is 0 Å². The molecular formula is C22H40O6S. The minimum Gasteiger partial charge on any atom is -0.463 e. The smallest absolute Gasteiger partial charge is 0.360 e. The average molecular weight is 433 g/mol. The summed E-state index contributed by atoms with van der Waals surface area (Å²) >= 11 is -2.68. The summed E-state index contributed by atoms with van der Waals surface area (Å²) in [6, 6.07) is 0. The summed E-state index contributed by atoms with van der Waals surface area (Å²) in [6.45, 7) is 2.57. The van der Waals surface area contributed by atoms with Crippen molar-refractivity contribution in [3.8, 4) is 0 Å². The fraction of sp³-hybridized carbons (Fsp3) is 0.818. The van der Waals surface area contributed by atoms with E-state index in [9.17, 15) is 13.8 Å². The molecular weight excluding hydrogens is 392 g/mol. The SMILES string of the molecule is CCCCCCCCCCCCCCCCCCOC(=O)/C=C/C(=O)OS(=O)O. The quantitative estimate of drug-likeness (QED) is 0.109. The summed E-state index contributed by atoms with van der Waals surface area (Å²) in [7, 11) is 0. The van der Waals surface area contributed by atoms with Crippen molar-refractivity contribution >= 4 is 23.3 Å². The fourth-order valence-corrected chi connectivity index (χ4v) is 3.30. The van der Waals surface area contributed by atoms with Gasteiger partial charge in [0, 0.05) is 12.2 Å². The number of rotatable bonds is 20. The molecule has 1 N–H and O–H groups in total. The van der Waals surface area contributed by atoms with Crippen LogP contribution in [0, 0.1) is 0 Å². The molecule has 7 heteroatoms. The van der Waals surface area contributed by atoms with Crippen LogP contribution in [-0.4, -0.2) is 27.3 Å². The van der Waals surface area contributed by atoms with Crippen molar-refractivity contribution in [1.82, 2.24) is 0 Å². The number of unbranched alkanes of at least 4 members (excludes halogenated alkanes) is 15. The van der Waals surface area contributed by atoms with Crippen LogP contribution in [0.4, 0.5) is 0 Å². The van der Waals surface area contributed by atoms with Crippen LogP contribution in [0.2, 0.25) is 0 Å². The van der Waals surface area contributed by atoms with E-state index in [2.05, 4.69) is 11.1 Å². The van der Waals surface area contributed by atoms with Gasteiger partial charge in [-0.3, -0.25) is 4.55 Å². The first-order valence-corrected chi connectivity index (χ1v) is 12.3. The summed E-state index contributed by atoms with van der Waals surface area (Å²) in [5.41, 5.74) is 0. The number of hydrogen-bond donors (Lipinski definition) is 1. The molecule has 0 aromatic heterocycles. The second kappa shape index (κ2) is 21.5. The lowest BCUT2D eigenvalue weighted by Crippen LogP contribution is -2.06. The molecule has 0 bridgehead atoms. The summed E-state index contributed by atoms with van der Waals surface area (Å²) in [5.74, 6) is -1.73. The van der Waals surface area contributed by atoms with Gasteiger partial charge in [0.15, 0.2) is 0 Å². The van der Waals surface area contributed by atoms with Gasteiger partial charge in [-0.15, -0.1) is 0 Å². The highest BCUT2D eigenvalue weighted by Crippen LogP contribution is 2.13. The van der Waals surface area contributed by atoms with Crippen molar-refractivity contribution < 1.29 is 27.3 Å². The maximum absolute atomic E-state index is 11.3. The first kappa shape index (κ1) is 27.8. The zero-order valence-corrected chi connectivity index (χ0v) is 18.9. The topological polar surface area (TPSA) is 89.9 Å². The molecule has 0 saturated carbocycles. The van der Waals surface area contributed by atoms with Crippen LogP contribution in [0.15, 0.2) is 12.2 Å². The Morgan fingerprint density at radius 3 is 1.48 bits per heavy atom. The molecule has 0 amide bonds. The first-order valence-electron chi connectivity index (χ1n) is 11.2. The molecule has 170 valence electrons. The highest BCUT2D eigenvalue weighted by molar-refractivity contribution is 7.74. The van der Waals surface area contributed by atoms with Crippen molar-refractivity contribution in [2.75, 3.05) is 6.61 Å². The zero-order chi connectivity index (χ0) is 21.6. The molecule has 0 fully saturated rings. The molecule has 0 aliphatic rings. The average Bonchev–Trinajstić information content (AvgIpc) is 2.68. The molecule has 0 radical (unpaired) electrons. The third-order valence-electron chi connectivity index (χ3n) is 4.75. The van der Waals surface area contributed by atoms with Crippen molar-refractivity contribution in [2.24, 2.45) is 0 Å². The summed E-state index contributed by atoms with van der Waals surface area (Å²) in [6.07, 6.45) is 22.2. The van der Waals surface area contributed by atoms with Crippen LogP contribution in [0.3, 0.4) is 0 Å². The third-order valence-corrected chi connectivity index (χ3v) is 5.06. The second-order valence-corrected chi connectivity index (χ2v) is 8.02. The molecule has 0 spiro atoms. The van der Waals surface area contributed by atoms with Crippen molar-refractivity contribution in [2.45, 2.75) is 110 Å². The number of ether oxygens (including phenoxy) is 1. The molecule has 0 aliphatic carbocycles. The Hall–Kier alpha value is -1.21. The maximum Gasteiger partial charge on any atom is 0.360 e. The van der Waals surface area contributed by atoms with E-state index < -0.39 is 23.3 Å². The van der Waals surface area contributed by atoms with E-state index in [1.165, 1.54) is 83.5 Å². The van der Waals surface area contributed by atoms with E-state index in [0.717, 1.165) is 31.4 Å². The molecule has 1 atom stereocenters. The van der Waals surface area contributed by atoms with Gasteiger partial charge in [0.1, 0.15) is 0 Å². The maximum atomic E-state index is 11.3. The number of hydrogen-bond acceptors (Lipinski definition) is 5. The molecule has 29 heavy (non-hydrogen) atoms. The molecule has 0 saturated heterocycles. The molecule has 0 rings (SSSR count). The monoisotopic (exact) mass is 432 g/mol. The molecule has 0 aliphatic heterocycles. The summed E-state index contributed by atoms with van der Waals surface area (Å²) < 4.78 is 27.4. The standard InChI is InChI=1S/C22H40O6S/c1-2-3-4-5-6-7-8-9-10-11-12-13-14-15-16-17-20-27-21(23)18-19-22(24)28-29(25)26/h18-19H,2-17,20H2,1H3,(H,25,26)/b19-18+. The lowest BCUT2D eigenvalue weighted by molar-refractivity contribution is -0.138. The normalized spacial score (nSPS) is 12.2. The molecule has 0 heterocycles. The Morgan fingerprint density at radius 1 is 0.690 bits per heavy atom. The van der Waals surface area contributed by atoms with Gasteiger partial charge in [0.05, 0.1) is 6.61 Å². The Labute approximate surface area is 179 Å². The van der Waals surface area contributed by atoms with E-state index >= 15 is 0 Å². The fourth-order valence-electron chi connectivity index (χ4n) is 3.11. The van der Waals surface area contributed by atoms with E-state index in [1.807, 2.05) is 0 Å². The van der Waals surface area contributed by atoms with E-state index in [-0.39, 0.29) is 0 Å². The van der Waals surface area contributed by atoms with Gasteiger partial charge >= 0.3 is 23.3 Å². The number of carbonyl (C=O) groups excluding carboxylic acids is 2. The zero-order valence-electron chi connectivity index (χ0n) is 18.1. The third kappa shape index (κ3) is 22.9. The van der Waals surface area contributed by atoms with Crippen LogP contribution < -0.4 is 0 Å². The van der Waals surface area contributed by atoms with Crippen LogP contribution in [-0.2, 0) is 29.9 Å². The minimum absolute atomic E-state index is 0.308. The van der Waals surface area contributed by atoms with Crippen LogP contribution in [0.5, 0.6) is 0 Å². The van der Waals surface area contributed by atoms with Crippen LogP contribution in [0.25, 0.3) is 0 Å². The first-order chi connectivity index (χ1) is 14.1. The molecule has 0 aromatic rings. The second-order valence-electron chi connectivity index (χ2n) is 7.42. The van der Waals surface area contributed by atoms with Gasteiger partial charge in [-0.05, 0) is 6.42 Å². The predicted molar refractivity (Wildman–Crippen MR) is 117 cm³/mol. The van der Waals surface area contributed by atoms with Gasteiger partial charge in [0.2, 0.25) is 0 Å². The van der Waals surface area contributed by atoms with E-state index in [0.29, 0.717) is 6.61 Å². The van der Waals surface area contributed by atoms with Crippen molar-refractivity contribution in [3.05, 3.63) is 12.2 Å². The molecule has 6 nitrogen and oxygen atoms in total. The lowest BCUT2D eigenvalue weighted by atomic mass is 10.0. The Morgan fingerprint density at radius 2 is 1.07 bits per heavy atom. The predicted octanol–water partition coefficient (Wildman–Crippen LogP) is 6.03. The summed E-state index contributed by atoms with van der Waals surface area (Å²) in [5, 5.41) is 0. The van der Waals surface area contributed by atoms with Gasteiger partial charge < -0.3 is 8.92 Å². The van der Waals surface area contributed by atoms with Gasteiger partial charge in [-0.25, -0.2) is 9.59 Å². The lowest BCUT2D eigenvalue weighted by Gasteiger charge is -2.04. The summed E-state index contributed by atoms with van der Waals surface area (Å²) in [4.78, 5) is 22.3. The van der Waals surface area contributed by atoms with Gasteiger partial charge in [-0.2, -0.15) is 4.21 Å². The van der Waals surface area contributed by atoms with Crippen LogP contribution in [0.1, 0.15) is 110 Å². The van der Waals surface area contributed by atoms with Gasteiger partial charge in [0.25, 0.3) is 0 Å². The minimum atomic E-state index is -2.68. The van der Waals surface area contributed by atoms with E-state index in [4.69, 9.17) is 9.29 Å². The highest BCUT2D eigenvalue weighted by Gasteiger charge is 2.04. The van der Waals surface area contributed by atoms with Crippen LogP contribution >= 0.6 is 0 Å². The highest BCUT2D eigenvalue weighted by atomic mass is 32.2. The van der Waals surface area contributed by atoms with Gasteiger partial charge in [-0.1, -0.05) is 103 Å². The molecule has 0 aromatic carbocycles. The Bertz CT molecular complexity index is 464. The number of carbonyl (C=O) groups is 2. The van der Waals surface area contributed by atoms with Crippen molar-refractivity contribution in [3.63, 3.8) is 0 Å². The number of esters is 1.